The molecule has 8 heteroatoms. The van der Waals surface area contributed by atoms with E-state index >= 15 is 0 Å². The van der Waals surface area contributed by atoms with Gasteiger partial charge in [0.2, 0.25) is 5.91 Å². The Morgan fingerprint density at radius 1 is 0.972 bits per heavy atom. The molecule has 2 amide bonds. The number of halogens is 2. The maximum Gasteiger partial charge on any atom is 0.256 e. The summed E-state index contributed by atoms with van der Waals surface area (Å²) in [6.07, 6.45) is 5.14. The first kappa shape index (κ1) is 25.0. The van der Waals surface area contributed by atoms with E-state index in [4.69, 9.17) is 28.9 Å². The van der Waals surface area contributed by atoms with Crippen LogP contribution in [0.15, 0.2) is 54.7 Å². The van der Waals surface area contributed by atoms with E-state index in [2.05, 4.69) is 9.88 Å². The van der Waals surface area contributed by atoms with Gasteiger partial charge in [-0.05, 0) is 68.0 Å². The zero-order valence-electron chi connectivity index (χ0n) is 20.1. The number of rotatable bonds is 5. The Labute approximate surface area is 221 Å². The highest BCUT2D eigenvalue weighted by atomic mass is 35.5. The third-order valence-electron chi connectivity index (χ3n) is 7.77. The number of primary amides is 1. The molecule has 2 atom stereocenters. The maximum absolute atomic E-state index is 13.3. The van der Waals surface area contributed by atoms with Crippen LogP contribution in [0.2, 0.25) is 10.0 Å². The van der Waals surface area contributed by atoms with Gasteiger partial charge in [0, 0.05) is 37.3 Å². The summed E-state index contributed by atoms with van der Waals surface area (Å²) in [7, 11) is 0. The van der Waals surface area contributed by atoms with Crippen molar-refractivity contribution >= 4 is 45.9 Å². The number of para-hydroxylation sites is 1. The second-order valence-electron chi connectivity index (χ2n) is 9.91. The normalized spacial score (nSPS) is 21.6. The van der Waals surface area contributed by atoms with Crippen molar-refractivity contribution in [2.75, 3.05) is 26.2 Å². The number of amides is 2. The largest absolute Gasteiger partial charge is 0.369 e. The summed E-state index contributed by atoms with van der Waals surface area (Å²) in [5, 5.41) is 2.03. The third-order valence-corrected chi connectivity index (χ3v) is 8.50. The van der Waals surface area contributed by atoms with Crippen LogP contribution in [0.3, 0.4) is 0 Å². The highest BCUT2D eigenvalue weighted by molar-refractivity contribution is 6.42. The number of piperidine rings is 2. The number of hydrogen-bond donors (Lipinski definition) is 1. The molecule has 0 bridgehead atoms. The topological polar surface area (TPSA) is 79.5 Å². The first-order chi connectivity index (χ1) is 17.4. The Kier molecular flexibility index (Phi) is 7.47. The van der Waals surface area contributed by atoms with Gasteiger partial charge in [-0.2, -0.15) is 0 Å². The van der Waals surface area contributed by atoms with Crippen molar-refractivity contribution in [3.63, 3.8) is 0 Å². The van der Waals surface area contributed by atoms with Crippen molar-refractivity contribution in [1.29, 1.82) is 0 Å². The van der Waals surface area contributed by atoms with Gasteiger partial charge in [0.25, 0.3) is 5.91 Å². The summed E-state index contributed by atoms with van der Waals surface area (Å²) >= 11 is 12.3. The van der Waals surface area contributed by atoms with Gasteiger partial charge in [-0.1, -0.05) is 47.5 Å². The smallest absolute Gasteiger partial charge is 0.256 e. The minimum atomic E-state index is -0.249. The number of aromatic nitrogens is 1. The standard InChI is InChI=1S/C28H30Cl2N4O2/c29-24-7-6-18(16-25(24)30)15-20-8-12-34(17-23(20)27(31)35)21-9-13-33(14-10-21)28(36)22-5-1-3-19-4-2-11-32-26(19)22/h1-7,11,16,20-21,23H,8-10,12-15,17H2,(H2,31,35)/t20-,23-/m1/s1. The van der Waals surface area contributed by atoms with Crippen LogP contribution in [0.5, 0.6) is 0 Å². The minimum absolute atomic E-state index is 0.0353. The van der Waals surface area contributed by atoms with Gasteiger partial charge in [-0.3, -0.25) is 19.5 Å². The molecule has 2 aliphatic rings. The molecule has 2 fully saturated rings. The molecule has 6 nitrogen and oxygen atoms in total. The lowest BCUT2D eigenvalue weighted by Crippen LogP contribution is -2.53. The van der Waals surface area contributed by atoms with Crippen LogP contribution in [0, 0.1) is 11.8 Å². The van der Waals surface area contributed by atoms with Gasteiger partial charge in [0.15, 0.2) is 0 Å². The molecule has 0 spiro atoms. The van der Waals surface area contributed by atoms with Gasteiger partial charge in [0.1, 0.15) is 0 Å². The minimum Gasteiger partial charge on any atom is -0.369 e. The van der Waals surface area contributed by atoms with Crippen molar-refractivity contribution < 1.29 is 9.59 Å². The number of nitrogens with two attached hydrogens (primary N) is 1. The number of hydrogen-bond acceptors (Lipinski definition) is 4. The maximum atomic E-state index is 13.3. The highest BCUT2D eigenvalue weighted by Gasteiger charge is 2.37. The van der Waals surface area contributed by atoms with Crippen LogP contribution in [0.4, 0.5) is 0 Å². The summed E-state index contributed by atoms with van der Waals surface area (Å²) < 4.78 is 0. The van der Waals surface area contributed by atoms with Crippen LogP contribution in [0.1, 0.15) is 35.2 Å². The molecular formula is C28H30Cl2N4O2. The lowest BCUT2D eigenvalue weighted by molar-refractivity contribution is -0.126. The lowest BCUT2D eigenvalue weighted by Gasteiger charge is -2.44. The number of likely N-dealkylation sites (tertiary alicyclic amines) is 2. The summed E-state index contributed by atoms with van der Waals surface area (Å²) in [5.74, 6) is -0.250. The third kappa shape index (κ3) is 5.22. The number of fused-ring (bicyclic) bond motifs is 1. The van der Waals surface area contributed by atoms with Crippen molar-refractivity contribution in [3.05, 3.63) is 75.9 Å². The Bertz CT molecular complexity index is 1270. The zero-order valence-corrected chi connectivity index (χ0v) is 21.6. The number of carbonyl (C=O) groups is 2. The van der Waals surface area contributed by atoms with Gasteiger partial charge < -0.3 is 10.6 Å². The monoisotopic (exact) mass is 524 g/mol. The number of pyridine rings is 1. The molecule has 2 aromatic carbocycles. The van der Waals surface area contributed by atoms with E-state index in [0.717, 1.165) is 48.7 Å². The van der Waals surface area contributed by atoms with E-state index in [1.165, 1.54) is 0 Å². The van der Waals surface area contributed by atoms with Crippen molar-refractivity contribution in [1.82, 2.24) is 14.8 Å². The van der Waals surface area contributed by atoms with Gasteiger partial charge in [0.05, 0.1) is 27.0 Å². The fraction of sp³-hybridized carbons (Fsp3) is 0.393. The molecule has 0 aliphatic carbocycles. The molecular weight excluding hydrogens is 495 g/mol. The van der Waals surface area contributed by atoms with E-state index in [1.54, 1.807) is 12.3 Å². The van der Waals surface area contributed by atoms with Crippen molar-refractivity contribution in [3.8, 4) is 0 Å². The fourth-order valence-corrected chi connectivity index (χ4v) is 6.10. The van der Waals surface area contributed by atoms with Gasteiger partial charge in [-0.25, -0.2) is 0 Å². The molecule has 0 saturated carbocycles. The first-order valence-electron chi connectivity index (χ1n) is 12.5. The van der Waals surface area contributed by atoms with E-state index < -0.39 is 0 Å². The quantitative estimate of drug-likeness (QED) is 0.519. The molecule has 5 rings (SSSR count). The molecule has 2 N–H and O–H groups in total. The molecule has 36 heavy (non-hydrogen) atoms. The molecule has 2 aliphatic heterocycles. The number of carbonyl (C=O) groups excluding carboxylic acids is 2. The fourth-order valence-electron chi connectivity index (χ4n) is 5.77. The van der Waals surface area contributed by atoms with Crippen LogP contribution in [-0.2, 0) is 11.2 Å². The Morgan fingerprint density at radius 3 is 2.50 bits per heavy atom. The summed E-state index contributed by atoms with van der Waals surface area (Å²) in [4.78, 5) is 34.5. The second kappa shape index (κ2) is 10.8. The van der Waals surface area contributed by atoms with E-state index in [9.17, 15) is 9.59 Å². The highest BCUT2D eigenvalue weighted by Crippen LogP contribution is 2.32. The SMILES string of the molecule is NC(=O)[C@@H]1CN(C2CCN(C(=O)c3cccc4cccnc34)CC2)CC[C@@H]1Cc1ccc(Cl)c(Cl)c1. The van der Waals surface area contributed by atoms with Crippen molar-refractivity contribution in [2.45, 2.75) is 31.7 Å². The average Bonchev–Trinajstić information content (AvgIpc) is 2.90. The zero-order chi connectivity index (χ0) is 25.2. The Balaban J connectivity index is 1.21. The molecule has 188 valence electrons. The number of benzene rings is 2. The predicted molar refractivity (Wildman–Crippen MR) is 143 cm³/mol. The van der Waals surface area contributed by atoms with E-state index in [0.29, 0.717) is 41.3 Å². The first-order valence-corrected chi connectivity index (χ1v) is 13.3. The molecule has 0 unspecified atom stereocenters. The summed E-state index contributed by atoms with van der Waals surface area (Å²) in [6, 6.07) is 15.6. The molecule has 3 heterocycles. The number of nitrogens with zero attached hydrogens (tertiary/aromatic N) is 3. The van der Waals surface area contributed by atoms with Gasteiger partial charge in [-0.15, -0.1) is 0 Å². The lowest BCUT2D eigenvalue weighted by atomic mass is 9.80. The van der Waals surface area contributed by atoms with Crippen molar-refractivity contribution in [2.24, 2.45) is 17.6 Å². The molecule has 0 radical (unpaired) electrons. The van der Waals surface area contributed by atoms with Crippen LogP contribution in [-0.4, -0.2) is 58.8 Å². The summed E-state index contributed by atoms with van der Waals surface area (Å²) in [5.41, 5.74) is 8.34. The predicted octanol–water partition coefficient (Wildman–Crippen LogP) is 4.81. The Morgan fingerprint density at radius 2 is 1.75 bits per heavy atom. The Hall–Kier alpha value is -2.67. The summed E-state index contributed by atoms with van der Waals surface area (Å²) in [6.45, 7) is 2.96. The average molecular weight is 525 g/mol. The molecule has 2 saturated heterocycles. The van der Waals surface area contributed by atoms with Crippen LogP contribution in [0.25, 0.3) is 10.9 Å². The van der Waals surface area contributed by atoms with Crippen LogP contribution >= 0.6 is 23.2 Å². The molecule has 3 aromatic rings. The van der Waals surface area contributed by atoms with E-state index in [-0.39, 0.29) is 23.7 Å². The van der Waals surface area contributed by atoms with Gasteiger partial charge >= 0.3 is 0 Å². The van der Waals surface area contributed by atoms with Crippen LogP contribution < -0.4 is 5.73 Å². The van der Waals surface area contributed by atoms with E-state index in [1.807, 2.05) is 47.4 Å². The molecule has 1 aromatic heterocycles. The second-order valence-corrected chi connectivity index (χ2v) is 10.7.